The molecule has 0 aromatic carbocycles. The Morgan fingerprint density at radius 1 is 1.54 bits per heavy atom. The van der Waals surface area contributed by atoms with E-state index in [0.717, 1.165) is 10.8 Å². The average Bonchev–Trinajstić information content (AvgIpc) is 2.80. The molecule has 2 heterocycles. The summed E-state index contributed by atoms with van der Waals surface area (Å²) in [7, 11) is -1.94. The van der Waals surface area contributed by atoms with E-state index in [0.29, 0.717) is 13.0 Å². The Balaban J connectivity index is 2.08. The SMILES string of the molecule is CC(C)(C)[Si](C)(C)OC[C@H]1CC(O)[C@@H](n2cc(F)c(N)nc2=O)O1. The second-order valence-corrected chi connectivity index (χ2v) is 12.5. The molecule has 1 aliphatic heterocycles. The molecule has 24 heavy (non-hydrogen) atoms. The molecule has 1 fully saturated rings. The summed E-state index contributed by atoms with van der Waals surface area (Å²) in [5.41, 5.74) is 4.51. The minimum atomic E-state index is -1.94. The van der Waals surface area contributed by atoms with Gasteiger partial charge in [0.1, 0.15) is 6.10 Å². The molecule has 136 valence electrons. The molecule has 9 heteroatoms. The standard InChI is InChI=1S/C15H26FN3O4Si/c1-15(2,3)24(4,5)22-8-9-6-11(20)13(23-9)19-7-10(16)12(17)18-14(19)21/h7,9,11,13,20H,6,8H2,1-5H3,(H2,17,18,21)/t9-,11?,13+/m1/s1. The molecule has 1 aliphatic rings. The molecule has 0 amide bonds. The van der Waals surface area contributed by atoms with Gasteiger partial charge in [-0.05, 0) is 18.1 Å². The summed E-state index contributed by atoms with van der Waals surface area (Å²) in [6.45, 7) is 11.0. The molecular weight excluding hydrogens is 333 g/mol. The maximum atomic E-state index is 13.6. The summed E-state index contributed by atoms with van der Waals surface area (Å²) in [6.07, 6.45) is -1.09. The van der Waals surface area contributed by atoms with Gasteiger partial charge in [-0.1, -0.05) is 20.8 Å². The Kier molecular flexibility index (Phi) is 5.19. The number of nitrogen functional groups attached to an aromatic ring is 1. The van der Waals surface area contributed by atoms with Crippen LogP contribution in [0.25, 0.3) is 0 Å². The number of hydrogen-bond donors (Lipinski definition) is 2. The summed E-state index contributed by atoms with van der Waals surface area (Å²) in [5, 5.41) is 10.2. The Morgan fingerprint density at radius 2 is 2.17 bits per heavy atom. The van der Waals surface area contributed by atoms with Crippen molar-refractivity contribution in [3.05, 3.63) is 22.5 Å². The first-order valence-electron chi connectivity index (χ1n) is 7.94. The minimum Gasteiger partial charge on any atom is -0.414 e. The van der Waals surface area contributed by atoms with E-state index in [2.05, 4.69) is 38.8 Å². The van der Waals surface area contributed by atoms with Gasteiger partial charge in [-0.2, -0.15) is 4.98 Å². The van der Waals surface area contributed by atoms with Gasteiger partial charge in [-0.25, -0.2) is 9.18 Å². The van der Waals surface area contributed by atoms with E-state index in [-0.39, 0.29) is 11.1 Å². The van der Waals surface area contributed by atoms with Gasteiger partial charge in [-0.15, -0.1) is 0 Å². The molecule has 3 N–H and O–H groups in total. The molecule has 0 saturated carbocycles. The number of hydrogen-bond acceptors (Lipinski definition) is 6. The van der Waals surface area contributed by atoms with Crippen LogP contribution in [-0.4, -0.2) is 41.8 Å². The number of aromatic nitrogens is 2. The zero-order chi connectivity index (χ0) is 18.3. The van der Waals surface area contributed by atoms with Gasteiger partial charge in [0.2, 0.25) is 0 Å². The maximum absolute atomic E-state index is 13.6. The third-order valence-corrected chi connectivity index (χ3v) is 9.31. The van der Waals surface area contributed by atoms with E-state index in [4.69, 9.17) is 14.9 Å². The predicted molar refractivity (Wildman–Crippen MR) is 90.6 cm³/mol. The zero-order valence-corrected chi connectivity index (χ0v) is 15.7. The molecule has 0 radical (unpaired) electrons. The van der Waals surface area contributed by atoms with E-state index < -0.39 is 38.0 Å². The van der Waals surface area contributed by atoms with Crippen LogP contribution >= 0.6 is 0 Å². The number of anilines is 1. The third-order valence-electron chi connectivity index (χ3n) is 4.81. The van der Waals surface area contributed by atoms with Crippen LogP contribution in [0.2, 0.25) is 18.1 Å². The van der Waals surface area contributed by atoms with Crippen molar-refractivity contribution in [3.63, 3.8) is 0 Å². The summed E-state index contributed by atoms with van der Waals surface area (Å²) in [6, 6.07) is 0. The number of aliphatic hydroxyl groups is 1. The molecule has 1 aromatic rings. The molecule has 0 bridgehead atoms. The fourth-order valence-corrected chi connectivity index (χ4v) is 3.28. The van der Waals surface area contributed by atoms with E-state index in [1.54, 1.807) is 0 Å². The first kappa shape index (κ1) is 19.0. The lowest BCUT2D eigenvalue weighted by molar-refractivity contribution is -0.0518. The fraction of sp³-hybridized carbons (Fsp3) is 0.733. The first-order chi connectivity index (χ1) is 10.9. The Labute approximate surface area is 141 Å². The highest BCUT2D eigenvalue weighted by molar-refractivity contribution is 6.74. The van der Waals surface area contributed by atoms with Crippen LogP contribution < -0.4 is 11.4 Å². The van der Waals surface area contributed by atoms with Crippen LogP contribution in [0.15, 0.2) is 11.0 Å². The third kappa shape index (κ3) is 3.85. The van der Waals surface area contributed by atoms with Gasteiger partial charge in [0, 0.05) is 6.42 Å². The molecule has 1 saturated heterocycles. The largest absolute Gasteiger partial charge is 0.414 e. The molecule has 1 unspecified atom stereocenters. The van der Waals surface area contributed by atoms with Gasteiger partial charge < -0.3 is 20.0 Å². The van der Waals surface area contributed by atoms with Gasteiger partial charge in [0.25, 0.3) is 0 Å². The normalized spacial score (nSPS) is 25.2. The lowest BCUT2D eigenvalue weighted by Gasteiger charge is -2.36. The first-order valence-corrected chi connectivity index (χ1v) is 10.8. The Hall–Kier alpha value is -1.29. The topological polar surface area (TPSA) is 99.6 Å². The van der Waals surface area contributed by atoms with Crippen LogP contribution in [-0.2, 0) is 9.16 Å². The lowest BCUT2D eigenvalue weighted by atomic mass is 10.2. The van der Waals surface area contributed by atoms with Crippen LogP contribution in [0.1, 0.15) is 33.4 Å². The molecule has 3 atom stereocenters. The van der Waals surface area contributed by atoms with Crippen molar-refractivity contribution >= 4 is 14.1 Å². The van der Waals surface area contributed by atoms with Crippen molar-refractivity contribution < 1.29 is 18.7 Å². The van der Waals surface area contributed by atoms with E-state index in [9.17, 15) is 14.3 Å². The quantitative estimate of drug-likeness (QED) is 0.793. The summed E-state index contributed by atoms with van der Waals surface area (Å²) < 4.78 is 26.3. The minimum absolute atomic E-state index is 0.0601. The van der Waals surface area contributed by atoms with Crippen LogP contribution in [0, 0.1) is 5.82 Å². The van der Waals surface area contributed by atoms with Crippen molar-refractivity contribution in [1.82, 2.24) is 9.55 Å². The molecule has 0 spiro atoms. The van der Waals surface area contributed by atoms with Crippen molar-refractivity contribution in [1.29, 1.82) is 0 Å². The van der Waals surface area contributed by atoms with Crippen molar-refractivity contribution in [2.45, 2.75) is 63.8 Å². The number of ether oxygens (including phenoxy) is 1. The highest BCUT2D eigenvalue weighted by Crippen LogP contribution is 2.37. The monoisotopic (exact) mass is 359 g/mol. The van der Waals surface area contributed by atoms with Crippen LogP contribution in [0.4, 0.5) is 10.2 Å². The number of nitrogens with two attached hydrogens (primary N) is 1. The second kappa shape index (κ2) is 6.55. The lowest BCUT2D eigenvalue weighted by Crippen LogP contribution is -2.42. The van der Waals surface area contributed by atoms with Crippen molar-refractivity contribution in [3.8, 4) is 0 Å². The fourth-order valence-electron chi connectivity index (χ4n) is 2.25. The number of aliphatic hydroxyl groups excluding tert-OH is 1. The van der Waals surface area contributed by atoms with Gasteiger partial charge in [0.05, 0.1) is 18.9 Å². The molecular formula is C15H26FN3O4Si. The smallest absolute Gasteiger partial charge is 0.351 e. The average molecular weight is 359 g/mol. The summed E-state index contributed by atoms with van der Waals surface area (Å²) in [4.78, 5) is 15.3. The van der Waals surface area contributed by atoms with E-state index in [1.165, 1.54) is 0 Å². The maximum Gasteiger partial charge on any atom is 0.351 e. The highest BCUT2D eigenvalue weighted by atomic mass is 28.4. The number of halogens is 1. The molecule has 1 aromatic heterocycles. The van der Waals surface area contributed by atoms with E-state index in [1.807, 2.05) is 0 Å². The van der Waals surface area contributed by atoms with Gasteiger partial charge in [0.15, 0.2) is 26.2 Å². The van der Waals surface area contributed by atoms with E-state index >= 15 is 0 Å². The Morgan fingerprint density at radius 3 is 2.75 bits per heavy atom. The molecule has 7 nitrogen and oxygen atoms in total. The zero-order valence-electron chi connectivity index (χ0n) is 14.7. The molecule has 0 aliphatic carbocycles. The second-order valence-electron chi connectivity index (χ2n) is 7.69. The Bertz CT molecular complexity index is 659. The predicted octanol–water partition coefficient (Wildman–Crippen LogP) is 1.63. The van der Waals surface area contributed by atoms with Crippen molar-refractivity contribution in [2.24, 2.45) is 0 Å². The molecule has 2 rings (SSSR count). The highest BCUT2D eigenvalue weighted by Gasteiger charge is 2.41. The summed E-state index contributed by atoms with van der Waals surface area (Å²) >= 11 is 0. The number of nitrogens with zero attached hydrogens (tertiary/aromatic N) is 2. The number of rotatable bonds is 4. The summed E-state index contributed by atoms with van der Waals surface area (Å²) in [5.74, 6) is -1.30. The van der Waals surface area contributed by atoms with Crippen LogP contribution in [0.5, 0.6) is 0 Å². The van der Waals surface area contributed by atoms with Crippen LogP contribution in [0.3, 0.4) is 0 Å². The van der Waals surface area contributed by atoms with Gasteiger partial charge in [-0.3, -0.25) is 4.57 Å². The van der Waals surface area contributed by atoms with Crippen molar-refractivity contribution in [2.75, 3.05) is 12.3 Å². The van der Waals surface area contributed by atoms with Gasteiger partial charge >= 0.3 is 5.69 Å².